The summed E-state index contributed by atoms with van der Waals surface area (Å²) in [5, 5.41) is 16.9. The Labute approximate surface area is 104 Å². The summed E-state index contributed by atoms with van der Waals surface area (Å²) in [5.41, 5.74) is 0.951. The molecule has 0 aliphatic carbocycles. The van der Waals surface area contributed by atoms with Crippen LogP contribution < -0.4 is 0 Å². The summed E-state index contributed by atoms with van der Waals surface area (Å²) in [6, 6.07) is 2.03. The van der Waals surface area contributed by atoms with Crippen molar-refractivity contribution in [1.82, 2.24) is 15.0 Å². The van der Waals surface area contributed by atoms with E-state index in [0.717, 1.165) is 5.56 Å². The lowest BCUT2D eigenvalue weighted by molar-refractivity contribution is 0.150. The van der Waals surface area contributed by atoms with E-state index in [0.29, 0.717) is 18.3 Å². The molecule has 0 aliphatic rings. The van der Waals surface area contributed by atoms with Gasteiger partial charge in [0.1, 0.15) is 0 Å². The number of nitrogens with zero attached hydrogens (tertiary/aromatic N) is 3. The van der Waals surface area contributed by atoms with Gasteiger partial charge in [-0.3, -0.25) is 4.90 Å². The van der Waals surface area contributed by atoms with Crippen LogP contribution in [0.25, 0.3) is 11.5 Å². The van der Waals surface area contributed by atoms with E-state index in [1.165, 1.54) is 0 Å². The maximum Gasteiger partial charge on any atom is 0.258 e. The van der Waals surface area contributed by atoms with Crippen molar-refractivity contribution in [1.29, 1.82) is 0 Å². The quantitative estimate of drug-likeness (QED) is 0.877. The summed E-state index contributed by atoms with van der Waals surface area (Å²) in [6.45, 7) is 2.63. The van der Waals surface area contributed by atoms with E-state index in [4.69, 9.17) is 9.63 Å². The van der Waals surface area contributed by atoms with Crippen LogP contribution in [0.4, 0.5) is 0 Å². The molecule has 0 amide bonds. The van der Waals surface area contributed by atoms with Crippen molar-refractivity contribution >= 4 is 11.3 Å². The topological polar surface area (TPSA) is 62.4 Å². The van der Waals surface area contributed by atoms with Gasteiger partial charge in [0.2, 0.25) is 0 Å². The summed E-state index contributed by atoms with van der Waals surface area (Å²) in [7, 11) is 1.92. The molecule has 2 heterocycles. The molecule has 0 saturated carbocycles. The first-order chi connectivity index (χ1) is 8.20. The third kappa shape index (κ3) is 2.91. The van der Waals surface area contributed by atoms with Crippen LogP contribution in [-0.4, -0.2) is 39.8 Å². The number of thiophene rings is 1. The Morgan fingerprint density at radius 3 is 3.06 bits per heavy atom. The molecule has 2 rings (SSSR count). The van der Waals surface area contributed by atoms with Gasteiger partial charge in [0.15, 0.2) is 5.82 Å². The molecular formula is C11H15N3O2S. The number of rotatable bonds is 5. The second kappa shape index (κ2) is 5.39. The largest absolute Gasteiger partial charge is 0.395 e. The first-order valence-corrected chi connectivity index (χ1v) is 6.31. The number of aromatic nitrogens is 2. The summed E-state index contributed by atoms with van der Waals surface area (Å²) in [4.78, 5) is 6.29. The third-order valence-corrected chi connectivity index (χ3v) is 3.33. The second-order valence-electron chi connectivity index (χ2n) is 3.97. The van der Waals surface area contributed by atoms with Gasteiger partial charge in [0.25, 0.3) is 5.89 Å². The molecule has 5 nitrogen and oxygen atoms in total. The monoisotopic (exact) mass is 253 g/mol. The molecule has 0 aliphatic heterocycles. The first kappa shape index (κ1) is 12.2. The average molecular weight is 253 g/mol. The Hall–Kier alpha value is -1.24. The van der Waals surface area contributed by atoms with Crippen LogP contribution in [0, 0.1) is 0 Å². The van der Waals surface area contributed by atoms with E-state index in [9.17, 15) is 0 Å². The molecular weight excluding hydrogens is 238 g/mol. The van der Waals surface area contributed by atoms with Crippen molar-refractivity contribution in [3.05, 3.63) is 22.7 Å². The van der Waals surface area contributed by atoms with Gasteiger partial charge in [-0.25, -0.2) is 0 Å². The molecule has 92 valence electrons. The molecule has 1 unspecified atom stereocenters. The molecule has 2 aromatic heterocycles. The zero-order valence-corrected chi connectivity index (χ0v) is 10.6. The van der Waals surface area contributed by atoms with Crippen LogP contribution in [0.5, 0.6) is 0 Å². The molecule has 0 fully saturated rings. The average Bonchev–Trinajstić information content (AvgIpc) is 2.97. The van der Waals surface area contributed by atoms with E-state index < -0.39 is 0 Å². The number of aliphatic hydroxyl groups is 1. The van der Waals surface area contributed by atoms with Crippen LogP contribution in [0.1, 0.15) is 12.7 Å². The minimum absolute atomic E-state index is 0.0816. The smallest absolute Gasteiger partial charge is 0.258 e. The van der Waals surface area contributed by atoms with Crippen LogP contribution >= 0.6 is 11.3 Å². The molecule has 0 aromatic carbocycles. The second-order valence-corrected chi connectivity index (χ2v) is 4.75. The summed E-state index contributed by atoms with van der Waals surface area (Å²) in [6.07, 6.45) is 0. The predicted molar refractivity (Wildman–Crippen MR) is 65.6 cm³/mol. The number of hydrogen-bond donors (Lipinski definition) is 1. The van der Waals surface area contributed by atoms with Gasteiger partial charge in [0.05, 0.1) is 18.7 Å². The summed E-state index contributed by atoms with van der Waals surface area (Å²) >= 11 is 1.59. The highest BCUT2D eigenvalue weighted by Gasteiger charge is 2.13. The van der Waals surface area contributed by atoms with Crippen molar-refractivity contribution in [2.75, 3.05) is 13.7 Å². The van der Waals surface area contributed by atoms with Crippen molar-refractivity contribution < 1.29 is 9.63 Å². The van der Waals surface area contributed by atoms with Crippen molar-refractivity contribution in [2.45, 2.75) is 19.5 Å². The minimum atomic E-state index is 0.0816. The number of hydrogen-bond acceptors (Lipinski definition) is 6. The molecule has 1 atom stereocenters. The van der Waals surface area contributed by atoms with Crippen molar-refractivity contribution in [3.8, 4) is 11.5 Å². The van der Waals surface area contributed by atoms with E-state index in [1.807, 2.05) is 35.7 Å². The predicted octanol–water partition coefficient (Wildman–Crippen LogP) is 1.61. The van der Waals surface area contributed by atoms with Crippen LogP contribution in [0.15, 0.2) is 21.3 Å². The van der Waals surface area contributed by atoms with Gasteiger partial charge >= 0.3 is 0 Å². The fraction of sp³-hybridized carbons (Fsp3) is 0.455. The Morgan fingerprint density at radius 2 is 2.41 bits per heavy atom. The molecule has 0 bridgehead atoms. The molecule has 2 aromatic rings. The zero-order chi connectivity index (χ0) is 12.3. The third-order valence-electron chi connectivity index (χ3n) is 2.64. The first-order valence-electron chi connectivity index (χ1n) is 5.37. The Kier molecular flexibility index (Phi) is 3.88. The number of likely N-dealkylation sites (N-methyl/N-ethyl adjacent to an activating group) is 1. The Balaban J connectivity index is 2.04. The maximum atomic E-state index is 9.03. The molecule has 17 heavy (non-hydrogen) atoms. The van der Waals surface area contributed by atoms with Crippen LogP contribution in [-0.2, 0) is 6.54 Å². The van der Waals surface area contributed by atoms with E-state index >= 15 is 0 Å². The van der Waals surface area contributed by atoms with Gasteiger partial charge in [-0.05, 0) is 25.4 Å². The maximum absolute atomic E-state index is 9.03. The number of aliphatic hydroxyl groups excluding tert-OH is 1. The van der Waals surface area contributed by atoms with E-state index in [2.05, 4.69) is 10.1 Å². The van der Waals surface area contributed by atoms with Crippen molar-refractivity contribution in [3.63, 3.8) is 0 Å². The molecule has 6 heteroatoms. The normalized spacial score (nSPS) is 13.2. The fourth-order valence-electron chi connectivity index (χ4n) is 1.34. The van der Waals surface area contributed by atoms with Gasteiger partial charge in [-0.15, -0.1) is 0 Å². The standard InChI is InChI=1S/C11H15N3O2S/c1-8(6-15)14(2)5-10-12-11(16-13-10)9-3-4-17-7-9/h3-4,7-8,15H,5-6H2,1-2H3. The zero-order valence-electron chi connectivity index (χ0n) is 9.83. The molecule has 0 radical (unpaired) electrons. The van der Waals surface area contributed by atoms with E-state index in [1.54, 1.807) is 11.3 Å². The lowest BCUT2D eigenvalue weighted by atomic mass is 10.3. The van der Waals surface area contributed by atoms with Gasteiger partial charge < -0.3 is 9.63 Å². The summed E-state index contributed by atoms with van der Waals surface area (Å²) < 4.78 is 5.18. The highest BCUT2D eigenvalue weighted by Crippen LogP contribution is 2.20. The molecule has 0 saturated heterocycles. The Morgan fingerprint density at radius 1 is 1.59 bits per heavy atom. The van der Waals surface area contributed by atoms with Crippen LogP contribution in [0.3, 0.4) is 0 Å². The van der Waals surface area contributed by atoms with Gasteiger partial charge in [0, 0.05) is 11.4 Å². The molecule has 1 N–H and O–H groups in total. The van der Waals surface area contributed by atoms with Crippen molar-refractivity contribution in [2.24, 2.45) is 0 Å². The van der Waals surface area contributed by atoms with E-state index in [-0.39, 0.29) is 12.6 Å². The lowest BCUT2D eigenvalue weighted by Gasteiger charge is -2.20. The highest BCUT2D eigenvalue weighted by atomic mass is 32.1. The minimum Gasteiger partial charge on any atom is -0.395 e. The highest BCUT2D eigenvalue weighted by molar-refractivity contribution is 7.08. The van der Waals surface area contributed by atoms with Crippen LogP contribution in [0.2, 0.25) is 0 Å². The van der Waals surface area contributed by atoms with Gasteiger partial charge in [-0.2, -0.15) is 16.3 Å². The Bertz CT molecular complexity index is 455. The summed E-state index contributed by atoms with van der Waals surface area (Å²) in [5.74, 6) is 1.18. The SMILES string of the molecule is CC(CO)N(C)Cc1noc(-c2ccsc2)n1. The van der Waals surface area contributed by atoms with Gasteiger partial charge in [-0.1, -0.05) is 5.16 Å². The fourth-order valence-corrected chi connectivity index (χ4v) is 1.97. The molecule has 0 spiro atoms. The lowest BCUT2D eigenvalue weighted by Crippen LogP contribution is -2.31.